The molecule has 0 fully saturated rings. The highest BCUT2D eigenvalue weighted by Gasteiger charge is 2.29. The van der Waals surface area contributed by atoms with Crippen LogP contribution < -0.4 is 10.5 Å². The van der Waals surface area contributed by atoms with Gasteiger partial charge in [-0.05, 0) is 19.1 Å². The van der Waals surface area contributed by atoms with Crippen molar-refractivity contribution in [3.63, 3.8) is 0 Å². The number of ether oxygens (including phenoxy) is 1. The Bertz CT molecular complexity index is 369. The van der Waals surface area contributed by atoms with Crippen molar-refractivity contribution in [2.24, 2.45) is 5.73 Å². The maximum Gasteiger partial charge on any atom is 0.422 e. The molecule has 1 rings (SSSR count). The largest absolute Gasteiger partial charge is 0.484 e. The van der Waals surface area contributed by atoms with Crippen LogP contribution in [0.4, 0.5) is 13.2 Å². The molecule has 1 aromatic carbocycles. The van der Waals surface area contributed by atoms with E-state index < -0.39 is 18.8 Å². The molecule has 1 aromatic rings. The Hall–Kier alpha value is -0.650. The van der Waals surface area contributed by atoms with Gasteiger partial charge < -0.3 is 10.5 Å². The zero-order valence-corrected chi connectivity index (χ0v) is 10.5. The summed E-state index contributed by atoms with van der Waals surface area (Å²) in [6.45, 7) is 0.302. The minimum absolute atomic E-state index is 0. The van der Waals surface area contributed by atoms with E-state index in [0.29, 0.717) is 10.6 Å². The molecular weight excluding hydrogens is 278 g/mol. The first-order valence-electron chi connectivity index (χ1n) is 4.54. The zero-order valence-electron chi connectivity index (χ0n) is 8.92. The molecule has 0 spiro atoms. The number of rotatable bonds is 3. The van der Waals surface area contributed by atoms with Gasteiger partial charge >= 0.3 is 6.18 Å². The average molecular weight is 290 g/mol. The molecule has 0 aromatic heterocycles. The second kappa shape index (κ2) is 6.33. The normalized spacial score (nSPS) is 12.8. The third kappa shape index (κ3) is 5.48. The van der Waals surface area contributed by atoms with Gasteiger partial charge in [-0.2, -0.15) is 13.2 Å². The number of benzene rings is 1. The van der Waals surface area contributed by atoms with E-state index in [1.807, 2.05) is 0 Å². The number of hydrogen-bond donors (Lipinski definition) is 1. The van der Waals surface area contributed by atoms with Crippen LogP contribution in [0.3, 0.4) is 0 Å². The zero-order chi connectivity index (χ0) is 12.3. The summed E-state index contributed by atoms with van der Waals surface area (Å²) in [5.74, 6) is 0.0693. The van der Waals surface area contributed by atoms with Crippen molar-refractivity contribution in [3.05, 3.63) is 28.8 Å². The summed E-state index contributed by atoms with van der Waals surface area (Å²) in [6.07, 6.45) is -4.38. The van der Waals surface area contributed by atoms with Crippen LogP contribution in [-0.2, 0) is 0 Å². The fourth-order valence-corrected chi connectivity index (χ4v) is 1.33. The van der Waals surface area contributed by atoms with Gasteiger partial charge in [0.1, 0.15) is 5.75 Å². The van der Waals surface area contributed by atoms with Crippen molar-refractivity contribution < 1.29 is 17.9 Å². The quantitative estimate of drug-likeness (QED) is 0.920. The summed E-state index contributed by atoms with van der Waals surface area (Å²) >= 11 is 5.67. The molecule has 1 unspecified atom stereocenters. The highest BCUT2D eigenvalue weighted by Crippen LogP contribution is 2.28. The van der Waals surface area contributed by atoms with Crippen molar-refractivity contribution in [1.29, 1.82) is 0 Å². The van der Waals surface area contributed by atoms with Crippen LogP contribution >= 0.6 is 24.0 Å². The van der Waals surface area contributed by atoms with Gasteiger partial charge in [0.2, 0.25) is 0 Å². The summed E-state index contributed by atoms with van der Waals surface area (Å²) in [7, 11) is 0. The van der Waals surface area contributed by atoms with Gasteiger partial charge in [0.05, 0.1) is 0 Å². The molecule has 0 saturated heterocycles. The van der Waals surface area contributed by atoms with E-state index in [0.717, 1.165) is 0 Å². The second-order valence-electron chi connectivity index (χ2n) is 3.37. The lowest BCUT2D eigenvalue weighted by Crippen LogP contribution is -2.20. The fraction of sp³-hybridized carbons (Fsp3) is 0.400. The molecular formula is C10H12Cl2F3NO. The maximum atomic E-state index is 12.0. The number of nitrogens with two attached hydrogens (primary N) is 1. The van der Waals surface area contributed by atoms with Gasteiger partial charge in [0.25, 0.3) is 0 Å². The highest BCUT2D eigenvalue weighted by atomic mass is 35.5. The van der Waals surface area contributed by atoms with Gasteiger partial charge in [0.15, 0.2) is 6.61 Å². The topological polar surface area (TPSA) is 35.2 Å². The van der Waals surface area contributed by atoms with E-state index >= 15 is 0 Å². The minimum Gasteiger partial charge on any atom is -0.484 e. The van der Waals surface area contributed by atoms with Crippen molar-refractivity contribution in [2.75, 3.05) is 6.61 Å². The van der Waals surface area contributed by atoms with E-state index in [-0.39, 0.29) is 18.2 Å². The van der Waals surface area contributed by atoms with Gasteiger partial charge in [-0.15, -0.1) is 12.4 Å². The molecule has 0 aliphatic carbocycles. The lowest BCUT2D eigenvalue weighted by Gasteiger charge is -2.15. The molecule has 0 heterocycles. The summed E-state index contributed by atoms with van der Waals surface area (Å²) in [6, 6.07) is 4.02. The first-order valence-corrected chi connectivity index (χ1v) is 4.92. The SMILES string of the molecule is CC(N)c1ccc(Cl)cc1OCC(F)(F)F.Cl. The number of hydrogen-bond acceptors (Lipinski definition) is 2. The molecule has 7 heteroatoms. The molecule has 0 radical (unpaired) electrons. The van der Waals surface area contributed by atoms with E-state index in [4.69, 9.17) is 17.3 Å². The molecule has 0 amide bonds. The predicted molar refractivity (Wildman–Crippen MR) is 62.9 cm³/mol. The Morgan fingerprint density at radius 3 is 2.47 bits per heavy atom. The molecule has 1 atom stereocenters. The molecule has 17 heavy (non-hydrogen) atoms. The Kier molecular flexibility index (Phi) is 6.09. The van der Waals surface area contributed by atoms with Crippen LogP contribution in [0.5, 0.6) is 5.75 Å². The highest BCUT2D eigenvalue weighted by molar-refractivity contribution is 6.30. The van der Waals surface area contributed by atoms with Gasteiger partial charge in [0, 0.05) is 16.6 Å². The Labute approximate surface area is 108 Å². The van der Waals surface area contributed by atoms with Gasteiger partial charge in [-0.25, -0.2) is 0 Å². The Morgan fingerprint density at radius 1 is 1.41 bits per heavy atom. The lowest BCUT2D eigenvalue weighted by atomic mass is 10.1. The van der Waals surface area contributed by atoms with Crippen molar-refractivity contribution in [1.82, 2.24) is 0 Å². The van der Waals surface area contributed by atoms with E-state index in [1.54, 1.807) is 19.1 Å². The summed E-state index contributed by atoms with van der Waals surface area (Å²) < 4.78 is 40.6. The standard InChI is InChI=1S/C10H11ClF3NO.ClH/c1-6(15)8-3-2-7(11)4-9(8)16-5-10(12,13)14;/h2-4,6H,5,15H2,1H3;1H. The molecule has 0 aliphatic heterocycles. The minimum atomic E-state index is -4.38. The van der Waals surface area contributed by atoms with E-state index in [9.17, 15) is 13.2 Å². The molecule has 2 N–H and O–H groups in total. The number of halogens is 5. The van der Waals surface area contributed by atoms with Gasteiger partial charge in [-0.3, -0.25) is 0 Å². The average Bonchev–Trinajstić information content (AvgIpc) is 2.13. The predicted octanol–water partition coefficient (Wildman–Crippen LogP) is 3.72. The van der Waals surface area contributed by atoms with E-state index in [2.05, 4.69) is 4.74 Å². The fourth-order valence-electron chi connectivity index (χ4n) is 1.17. The van der Waals surface area contributed by atoms with Crippen LogP contribution in [0.25, 0.3) is 0 Å². The summed E-state index contributed by atoms with van der Waals surface area (Å²) in [5, 5.41) is 0.307. The second-order valence-corrected chi connectivity index (χ2v) is 3.81. The van der Waals surface area contributed by atoms with Crippen LogP contribution in [0.1, 0.15) is 18.5 Å². The first kappa shape index (κ1) is 16.4. The van der Waals surface area contributed by atoms with Crippen LogP contribution in [0, 0.1) is 0 Å². The monoisotopic (exact) mass is 289 g/mol. The Balaban J connectivity index is 0.00000256. The van der Waals surface area contributed by atoms with E-state index in [1.165, 1.54) is 6.07 Å². The molecule has 2 nitrogen and oxygen atoms in total. The van der Waals surface area contributed by atoms with Crippen molar-refractivity contribution >= 4 is 24.0 Å². The third-order valence-electron chi connectivity index (χ3n) is 1.86. The van der Waals surface area contributed by atoms with Crippen molar-refractivity contribution in [2.45, 2.75) is 19.1 Å². The van der Waals surface area contributed by atoms with Crippen molar-refractivity contribution in [3.8, 4) is 5.75 Å². The first-order chi connectivity index (χ1) is 7.29. The molecule has 0 saturated carbocycles. The summed E-state index contributed by atoms with van der Waals surface area (Å²) in [5.41, 5.74) is 6.09. The molecule has 98 valence electrons. The molecule has 0 bridgehead atoms. The summed E-state index contributed by atoms with van der Waals surface area (Å²) in [4.78, 5) is 0. The molecule has 0 aliphatic rings. The van der Waals surface area contributed by atoms with Crippen LogP contribution in [0.2, 0.25) is 5.02 Å². The number of alkyl halides is 3. The maximum absolute atomic E-state index is 12.0. The lowest BCUT2D eigenvalue weighted by molar-refractivity contribution is -0.153. The smallest absolute Gasteiger partial charge is 0.422 e. The van der Waals surface area contributed by atoms with Crippen LogP contribution in [-0.4, -0.2) is 12.8 Å². The van der Waals surface area contributed by atoms with Crippen LogP contribution in [0.15, 0.2) is 18.2 Å². The van der Waals surface area contributed by atoms with Gasteiger partial charge in [-0.1, -0.05) is 17.7 Å². The third-order valence-corrected chi connectivity index (χ3v) is 2.09. The Morgan fingerprint density at radius 2 is 2.00 bits per heavy atom.